The van der Waals surface area contributed by atoms with Crippen LogP contribution in [0.5, 0.6) is 0 Å². The zero-order chi connectivity index (χ0) is 19.8. The molecule has 152 valence electrons. The molecule has 4 heterocycles. The predicted molar refractivity (Wildman–Crippen MR) is 117 cm³/mol. The van der Waals surface area contributed by atoms with E-state index < -0.39 is 0 Å². The number of fused-ring (bicyclic) bond motifs is 2. The number of hydrogen-bond donors (Lipinski definition) is 2. The fourth-order valence-corrected chi connectivity index (χ4v) is 6.34. The van der Waals surface area contributed by atoms with Gasteiger partial charge in [0.2, 0.25) is 0 Å². The van der Waals surface area contributed by atoms with Crippen LogP contribution in [0.4, 0.5) is 0 Å². The summed E-state index contributed by atoms with van der Waals surface area (Å²) in [4.78, 5) is 7.10. The quantitative estimate of drug-likeness (QED) is 0.634. The predicted octanol–water partition coefficient (Wildman–Crippen LogP) is 4.42. The molecule has 0 aliphatic carbocycles. The molecule has 2 N–H and O–H groups in total. The van der Waals surface area contributed by atoms with Crippen molar-refractivity contribution >= 4 is 22.9 Å². The molecular weight excluding hydrogens is 404 g/mol. The number of para-hydroxylation sites is 1. The maximum atomic E-state index is 6.45. The van der Waals surface area contributed by atoms with Crippen LogP contribution in [0.2, 0.25) is 4.34 Å². The van der Waals surface area contributed by atoms with Crippen molar-refractivity contribution in [2.45, 2.75) is 43.7 Å². The summed E-state index contributed by atoms with van der Waals surface area (Å²) in [7, 11) is 0. The topological polar surface area (TPSA) is 51.1 Å². The van der Waals surface area contributed by atoms with E-state index in [0.29, 0.717) is 12.6 Å². The Bertz CT molecular complexity index is 988. The molecule has 1 spiro atoms. The maximum Gasteiger partial charge on any atom is 0.0934 e. The second kappa shape index (κ2) is 7.85. The molecule has 0 amide bonds. The van der Waals surface area contributed by atoms with Crippen LogP contribution >= 0.6 is 22.9 Å². The lowest BCUT2D eigenvalue weighted by atomic mass is 9.70. The molecule has 1 fully saturated rings. The van der Waals surface area contributed by atoms with Gasteiger partial charge in [-0.2, -0.15) is 5.10 Å². The van der Waals surface area contributed by atoms with Crippen LogP contribution in [-0.4, -0.2) is 29.0 Å². The Morgan fingerprint density at radius 3 is 3.00 bits per heavy atom. The van der Waals surface area contributed by atoms with Crippen molar-refractivity contribution in [3.05, 3.63) is 69.1 Å². The molecule has 2 aliphatic heterocycles. The molecule has 3 atom stereocenters. The highest BCUT2D eigenvalue weighted by Crippen LogP contribution is 2.47. The van der Waals surface area contributed by atoms with Gasteiger partial charge in [0.05, 0.1) is 22.8 Å². The van der Waals surface area contributed by atoms with Crippen LogP contribution in [0.25, 0.3) is 5.69 Å². The van der Waals surface area contributed by atoms with Gasteiger partial charge >= 0.3 is 0 Å². The normalized spacial score (nSPS) is 27.4. The van der Waals surface area contributed by atoms with Gasteiger partial charge in [0.25, 0.3) is 0 Å². The molecule has 2 aliphatic rings. The molecule has 2 aromatic heterocycles. The first kappa shape index (κ1) is 19.3. The average Bonchev–Trinajstić information content (AvgIpc) is 3.34. The van der Waals surface area contributed by atoms with Crippen LogP contribution in [0.3, 0.4) is 0 Å². The van der Waals surface area contributed by atoms with Crippen molar-refractivity contribution in [3.63, 3.8) is 0 Å². The molecule has 1 saturated heterocycles. The summed E-state index contributed by atoms with van der Waals surface area (Å²) >= 11 is 8.19. The van der Waals surface area contributed by atoms with Crippen molar-refractivity contribution in [2.75, 3.05) is 13.2 Å². The Morgan fingerprint density at radius 2 is 2.14 bits per heavy atom. The maximum absolute atomic E-state index is 6.45. The molecule has 0 saturated carbocycles. The van der Waals surface area contributed by atoms with E-state index in [4.69, 9.17) is 16.4 Å². The summed E-state index contributed by atoms with van der Waals surface area (Å²) in [6.45, 7) is 3.74. The minimum Gasteiger partial charge on any atom is -0.307 e. The Kier molecular flexibility index (Phi) is 5.22. The molecular formula is C22H25ClN4OS. The van der Waals surface area contributed by atoms with E-state index in [1.807, 2.05) is 29.1 Å². The Morgan fingerprint density at radius 1 is 1.28 bits per heavy atom. The number of piperidine rings is 1. The van der Waals surface area contributed by atoms with E-state index in [0.717, 1.165) is 35.8 Å². The summed E-state index contributed by atoms with van der Waals surface area (Å²) in [6, 6.07) is 13.0. The van der Waals surface area contributed by atoms with E-state index >= 15 is 0 Å². The highest BCUT2D eigenvalue weighted by molar-refractivity contribution is 7.16. The van der Waals surface area contributed by atoms with Gasteiger partial charge in [0.15, 0.2) is 0 Å². The van der Waals surface area contributed by atoms with Crippen molar-refractivity contribution in [3.8, 4) is 5.69 Å². The van der Waals surface area contributed by atoms with Crippen LogP contribution < -0.4 is 10.8 Å². The van der Waals surface area contributed by atoms with Crippen molar-refractivity contribution in [1.29, 1.82) is 0 Å². The zero-order valence-corrected chi connectivity index (χ0v) is 18.0. The SMILES string of the molecule is CC1CC2(CNOCCc3cc(Cl)sc32)CC(c2cnn(-c3ccccc3)c2)N1. The fourth-order valence-electron chi connectivity index (χ4n) is 4.84. The van der Waals surface area contributed by atoms with Crippen LogP contribution in [-0.2, 0) is 16.7 Å². The molecule has 3 unspecified atom stereocenters. The first-order valence-electron chi connectivity index (χ1n) is 10.1. The third-order valence-electron chi connectivity index (χ3n) is 6.05. The molecule has 1 aromatic carbocycles. The molecule has 29 heavy (non-hydrogen) atoms. The van der Waals surface area contributed by atoms with Crippen molar-refractivity contribution in [1.82, 2.24) is 20.6 Å². The first-order valence-corrected chi connectivity index (χ1v) is 11.3. The van der Waals surface area contributed by atoms with E-state index in [1.165, 1.54) is 16.0 Å². The monoisotopic (exact) mass is 428 g/mol. The van der Waals surface area contributed by atoms with E-state index in [2.05, 4.69) is 47.2 Å². The summed E-state index contributed by atoms with van der Waals surface area (Å²) in [5, 5.41) is 8.41. The van der Waals surface area contributed by atoms with Crippen LogP contribution in [0.15, 0.2) is 48.8 Å². The molecule has 3 aromatic rings. The third kappa shape index (κ3) is 3.76. The number of hydroxylamine groups is 1. The van der Waals surface area contributed by atoms with Gasteiger partial charge in [0.1, 0.15) is 0 Å². The number of nitrogens with one attached hydrogen (secondary N) is 2. The van der Waals surface area contributed by atoms with Crippen LogP contribution in [0.1, 0.15) is 41.8 Å². The van der Waals surface area contributed by atoms with Gasteiger partial charge in [-0.1, -0.05) is 29.8 Å². The average molecular weight is 429 g/mol. The lowest BCUT2D eigenvalue weighted by molar-refractivity contribution is 0.0155. The molecule has 5 rings (SSSR count). The minimum atomic E-state index is -0.00224. The van der Waals surface area contributed by atoms with Gasteiger partial charge in [-0.15, -0.1) is 11.3 Å². The Labute approximate surface area is 180 Å². The number of nitrogens with zero attached hydrogens (tertiary/aromatic N) is 2. The Hall–Kier alpha value is -1.70. The highest BCUT2D eigenvalue weighted by Gasteiger charge is 2.44. The standard InChI is InChI=1S/C22H25ClN4OS/c1-15-10-22(14-25-28-8-7-16-9-20(23)29-21(16)22)11-19(26-15)17-12-24-27(13-17)18-5-3-2-4-6-18/h2-6,9,12-13,15,19,25-26H,7-8,10-11,14H2,1H3. The smallest absolute Gasteiger partial charge is 0.0934 e. The van der Waals surface area contributed by atoms with Gasteiger partial charge in [-0.3, -0.25) is 0 Å². The van der Waals surface area contributed by atoms with E-state index in [-0.39, 0.29) is 11.5 Å². The molecule has 0 radical (unpaired) electrons. The zero-order valence-electron chi connectivity index (χ0n) is 16.4. The van der Waals surface area contributed by atoms with Gasteiger partial charge < -0.3 is 10.2 Å². The lowest BCUT2D eigenvalue weighted by Gasteiger charge is -2.45. The third-order valence-corrected chi connectivity index (χ3v) is 7.60. The molecule has 0 bridgehead atoms. The van der Waals surface area contributed by atoms with Crippen LogP contribution in [0, 0.1) is 0 Å². The van der Waals surface area contributed by atoms with Crippen molar-refractivity contribution in [2.24, 2.45) is 0 Å². The van der Waals surface area contributed by atoms with E-state index in [1.54, 1.807) is 11.3 Å². The first-order chi connectivity index (χ1) is 14.1. The number of rotatable bonds is 2. The highest BCUT2D eigenvalue weighted by atomic mass is 35.5. The lowest BCUT2D eigenvalue weighted by Crippen LogP contribution is -2.51. The summed E-state index contributed by atoms with van der Waals surface area (Å²) in [5.41, 5.74) is 6.87. The van der Waals surface area contributed by atoms with Gasteiger partial charge in [-0.05, 0) is 49.9 Å². The number of halogens is 1. The van der Waals surface area contributed by atoms with Gasteiger partial charge in [-0.25, -0.2) is 10.2 Å². The number of benzene rings is 1. The van der Waals surface area contributed by atoms with Crippen molar-refractivity contribution < 1.29 is 4.84 Å². The Balaban J connectivity index is 1.49. The van der Waals surface area contributed by atoms with Gasteiger partial charge in [0, 0.05) is 40.7 Å². The number of aromatic nitrogens is 2. The minimum absolute atomic E-state index is 0.00224. The number of hydrogen-bond acceptors (Lipinski definition) is 5. The second-order valence-corrected chi connectivity index (χ2v) is 9.87. The second-order valence-electron chi connectivity index (χ2n) is 8.19. The summed E-state index contributed by atoms with van der Waals surface area (Å²) in [5.74, 6) is 0. The largest absolute Gasteiger partial charge is 0.307 e. The molecule has 5 nitrogen and oxygen atoms in total. The fraction of sp³-hybridized carbons (Fsp3) is 0.409. The van der Waals surface area contributed by atoms with E-state index in [9.17, 15) is 0 Å². The summed E-state index contributed by atoms with van der Waals surface area (Å²) in [6.07, 6.45) is 7.07. The molecule has 7 heteroatoms. The summed E-state index contributed by atoms with van der Waals surface area (Å²) < 4.78 is 2.83. The number of thiophene rings is 1.